The van der Waals surface area contributed by atoms with Crippen molar-refractivity contribution in [3.63, 3.8) is 0 Å². The second-order valence-electron chi connectivity index (χ2n) is 0.938. The molecular formula is C3H5N3+2. The van der Waals surface area contributed by atoms with Gasteiger partial charge in [0.25, 0.3) is 0 Å². The molecule has 1 aliphatic heterocycles. The minimum atomic E-state index is 0.670. The van der Waals surface area contributed by atoms with Crippen molar-refractivity contribution in [3.8, 4) is 0 Å². The second kappa shape index (κ2) is 1.55. The van der Waals surface area contributed by atoms with Crippen LogP contribution in [0.2, 0.25) is 0 Å². The maximum Gasteiger partial charge on any atom is 0.401 e. The third-order valence-corrected chi connectivity index (χ3v) is 0.497. The van der Waals surface area contributed by atoms with Crippen molar-refractivity contribution in [2.24, 2.45) is 0 Å². The fourth-order valence-electron chi connectivity index (χ4n) is 0.268. The van der Waals surface area contributed by atoms with Crippen molar-refractivity contribution in [3.05, 3.63) is 0 Å². The largest absolute Gasteiger partial charge is 0.401 e. The van der Waals surface area contributed by atoms with E-state index in [9.17, 15) is 0 Å². The van der Waals surface area contributed by atoms with Gasteiger partial charge in [0.15, 0.2) is 0 Å². The van der Waals surface area contributed by atoms with Gasteiger partial charge in [-0.05, 0) is 0 Å². The van der Waals surface area contributed by atoms with E-state index in [2.05, 4.69) is 15.3 Å². The molecule has 3 nitrogen and oxygen atoms in total. The highest BCUT2D eigenvalue weighted by molar-refractivity contribution is 5.68. The normalized spacial score (nSPS) is 17.3. The molecule has 0 aromatic heterocycles. The molecule has 0 spiro atoms. The van der Waals surface area contributed by atoms with E-state index < -0.39 is 0 Å². The molecular weight excluding hydrogens is 78.1 g/mol. The van der Waals surface area contributed by atoms with Gasteiger partial charge in [-0.25, -0.2) is 0 Å². The number of nitrogens with one attached hydrogen (secondary N) is 1. The van der Waals surface area contributed by atoms with Crippen LogP contribution in [0.15, 0.2) is 0 Å². The quantitative estimate of drug-likeness (QED) is 0.371. The molecule has 0 atom stereocenters. The molecule has 0 aromatic rings. The molecule has 0 aliphatic carbocycles. The Bertz CT molecular complexity index is 72.0. The zero-order chi connectivity index (χ0) is 4.24. The molecule has 30 valence electrons. The lowest BCUT2D eigenvalue weighted by atomic mass is 10.9. The van der Waals surface area contributed by atoms with Gasteiger partial charge in [0.1, 0.15) is 0 Å². The van der Waals surface area contributed by atoms with E-state index in [0.717, 1.165) is 0 Å². The SMILES string of the molecule is C1=[N+]C=[N+]CN1. The summed E-state index contributed by atoms with van der Waals surface area (Å²) in [6.07, 6.45) is 3.14. The average molecular weight is 83.1 g/mol. The minimum absolute atomic E-state index is 0.670. The number of aliphatic imine (C=N–C) groups is 2. The van der Waals surface area contributed by atoms with Crippen LogP contribution in [-0.2, 0) is 0 Å². The molecule has 0 saturated heterocycles. The lowest BCUT2D eigenvalue weighted by Gasteiger charge is -1.70. The first kappa shape index (κ1) is 3.33. The van der Waals surface area contributed by atoms with Gasteiger partial charge < -0.3 is 0 Å². The molecule has 0 saturated carbocycles. The first-order valence-corrected chi connectivity index (χ1v) is 1.73. The zero-order valence-corrected chi connectivity index (χ0v) is 3.26. The van der Waals surface area contributed by atoms with Crippen molar-refractivity contribution >= 4 is 12.7 Å². The molecule has 1 rings (SSSR count). The maximum atomic E-state index is 3.74. The molecule has 1 heterocycles. The Morgan fingerprint density at radius 2 is 2.67 bits per heavy atom. The highest BCUT2D eigenvalue weighted by Gasteiger charge is 1.98. The Morgan fingerprint density at radius 1 is 1.67 bits per heavy atom. The molecule has 0 unspecified atom stereocenters. The summed E-state index contributed by atoms with van der Waals surface area (Å²) < 4.78 is 0. The van der Waals surface area contributed by atoms with E-state index in [1.54, 1.807) is 6.34 Å². The molecule has 1 aliphatic rings. The molecule has 0 fully saturated rings. The van der Waals surface area contributed by atoms with Crippen molar-refractivity contribution in [1.29, 1.82) is 0 Å². The van der Waals surface area contributed by atoms with Gasteiger partial charge in [-0.2, -0.15) is 5.32 Å². The molecule has 0 aromatic carbocycles. The van der Waals surface area contributed by atoms with Gasteiger partial charge >= 0.3 is 19.3 Å². The number of hydrogen-bond donors (Lipinski definition) is 1. The topological polar surface area (TPSA) is 40.2 Å². The van der Waals surface area contributed by atoms with Crippen LogP contribution in [0.3, 0.4) is 0 Å². The molecule has 2 radical (unpaired) electrons. The van der Waals surface area contributed by atoms with Crippen LogP contribution in [0.1, 0.15) is 0 Å². The molecule has 0 amide bonds. The van der Waals surface area contributed by atoms with Crippen LogP contribution in [0, 0.1) is 0 Å². The van der Waals surface area contributed by atoms with Gasteiger partial charge in [-0.1, -0.05) is 0 Å². The molecule has 3 heteroatoms. The lowest BCUT2D eigenvalue weighted by Crippen LogP contribution is -2.25. The van der Waals surface area contributed by atoms with Gasteiger partial charge in [-0.3, -0.25) is 0 Å². The van der Waals surface area contributed by atoms with Gasteiger partial charge in [0.2, 0.25) is 0 Å². The van der Waals surface area contributed by atoms with Crippen LogP contribution in [-0.4, -0.2) is 19.3 Å². The van der Waals surface area contributed by atoms with Gasteiger partial charge in [0.05, 0.1) is 4.99 Å². The molecule has 6 heavy (non-hydrogen) atoms. The first-order valence-electron chi connectivity index (χ1n) is 1.73. The Hall–Kier alpha value is -0.860. The first-order chi connectivity index (χ1) is 3.00. The van der Waals surface area contributed by atoms with Crippen molar-refractivity contribution < 1.29 is 0 Å². The zero-order valence-electron chi connectivity index (χ0n) is 3.26. The maximum absolute atomic E-state index is 3.74. The fraction of sp³-hybridized carbons (Fsp3) is 0.333. The summed E-state index contributed by atoms with van der Waals surface area (Å²) in [4.78, 5) is 7.39. The number of hydrogen-bond acceptors (Lipinski definition) is 3. The van der Waals surface area contributed by atoms with Crippen molar-refractivity contribution in [2.75, 3.05) is 6.67 Å². The van der Waals surface area contributed by atoms with E-state index in [-0.39, 0.29) is 0 Å². The van der Waals surface area contributed by atoms with Crippen molar-refractivity contribution in [2.45, 2.75) is 0 Å². The summed E-state index contributed by atoms with van der Waals surface area (Å²) >= 11 is 0. The Labute approximate surface area is 35.8 Å². The summed E-state index contributed by atoms with van der Waals surface area (Å²) in [5, 5.41) is 2.80. The third-order valence-electron chi connectivity index (χ3n) is 0.497. The standard InChI is InChI=1S/C3H5N3/c1-4-2-6-3-5-1/h1-2,5H,3H2/q+2. The summed E-state index contributed by atoms with van der Waals surface area (Å²) in [5.41, 5.74) is 0. The van der Waals surface area contributed by atoms with Crippen molar-refractivity contribution in [1.82, 2.24) is 15.3 Å². The van der Waals surface area contributed by atoms with E-state index >= 15 is 0 Å². The predicted molar refractivity (Wildman–Crippen MR) is 24.4 cm³/mol. The lowest BCUT2D eigenvalue weighted by molar-refractivity contribution is 0.856. The van der Waals surface area contributed by atoms with Crippen LogP contribution in [0.5, 0.6) is 0 Å². The van der Waals surface area contributed by atoms with Crippen LogP contribution in [0.25, 0.3) is 0 Å². The summed E-state index contributed by atoms with van der Waals surface area (Å²) in [5.74, 6) is 0. The summed E-state index contributed by atoms with van der Waals surface area (Å²) in [6.45, 7) is 0.670. The molecule has 0 bridgehead atoms. The van der Waals surface area contributed by atoms with E-state index in [1.807, 2.05) is 0 Å². The van der Waals surface area contributed by atoms with Crippen LogP contribution in [0.4, 0.5) is 0 Å². The van der Waals surface area contributed by atoms with E-state index in [1.165, 1.54) is 6.34 Å². The number of rotatable bonds is 0. The van der Waals surface area contributed by atoms with E-state index in [4.69, 9.17) is 0 Å². The van der Waals surface area contributed by atoms with E-state index in [0.29, 0.717) is 6.67 Å². The molecule has 1 N–H and O–H groups in total. The minimum Gasteiger partial charge on any atom is -0.198 e. The van der Waals surface area contributed by atoms with Gasteiger partial charge in [0, 0.05) is 4.99 Å². The smallest absolute Gasteiger partial charge is 0.198 e. The average Bonchev–Trinajstić information content (AvgIpc) is 1.72. The monoisotopic (exact) mass is 83.0 g/mol. The van der Waals surface area contributed by atoms with Crippen LogP contribution < -0.4 is 15.3 Å². The highest BCUT2D eigenvalue weighted by atomic mass is 15.1. The third kappa shape index (κ3) is 0.544. The Balaban J connectivity index is 2.46. The highest BCUT2D eigenvalue weighted by Crippen LogP contribution is 1.42. The fourth-order valence-corrected chi connectivity index (χ4v) is 0.268. The van der Waals surface area contributed by atoms with Gasteiger partial charge in [-0.15, -0.1) is 0 Å². The second-order valence-corrected chi connectivity index (χ2v) is 0.938. The van der Waals surface area contributed by atoms with Crippen LogP contribution >= 0.6 is 0 Å². The number of nitrogens with zero attached hydrogens (tertiary/aromatic N) is 2. The Morgan fingerprint density at radius 3 is 2.83 bits per heavy atom. The predicted octanol–water partition coefficient (Wildman–Crippen LogP) is -1.72. The summed E-state index contributed by atoms with van der Waals surface area (Å²) in [6, 6.07) is 0. The Kier molecular flexibility index (Phi) is 0.859. The summed E-state index contributed by atoms with van der Waals surface area (Å²) in [7, 11) is 0.